The molecule has 0 aromatic heterocycles. The molecular weight excluding hydrogens is 240 g/mol. The Morgan fingerprint density at radius 3 is 2.63 bits per heavy atom. The number of nitrogens with two attached hydrogens (primary N) is 1. The molecule has 0 unspecified atom stereocenters. The highest BCUT2D eigenvalue weighted by Gasteiger charge is 2.52. The van der Waals surface area contributed by atoms with Gasteiger partial charge in [-0.2, -0.15) is 0 Å². The highest BCUT2D eigenvalue weighted by molar-refractivity contribution is 6.22. The predicted octanol–water partition coefficient (Wildman–Crippen LogP) is 1.97. The normalized spacial score (nSPS) is 21.6. The van der Waals surface area contributed by atoms with Gasteiger partial charge in [-0.15, -0.1) is 0 Å². The Kier molecular flexibility index (Phi) is 2.90. The number of benzene rings is 1. The smallest absolute Gasteiger partial charge is 0.240 e. The lowest BCUT2D eigenvalue weighted by Crippen LogP contribution is -2.34. The zero-order valence-electron chi connectivity index (χ0n) is 10.9. The van der Waals surface area contributed by atoms with Crippen LogP contribution in [-0.4, -0.2) is 11.8 Å². The van der Waals surface area contributed by atoms with E-state index < -0.39 is 5.41 Å². The van der Waals surface area contributed by atoms with Crippen molar-refractivity contribution in [2.45, 2.75) is 38.6 Å². The number of nitrogens with zero attached hydrogens (tertiary/aromatic N) is 1. The summed E-state index contributed by atoms with van der Waals surface area (Å²) in [5.74, 6) is -0.0785. The van der Waals surface area contributed by atoms with E-state index in [4.69, 9.17) is 5.73 Å². The fraction of sp³-hybridized carbons (Fsp3) is 0.467. The maximum absolute atomic E-state index is 12.6. The summed E-state index contributed by atoms with van der Waals surface area (Å²) in [6.45, 7) is 0.412. The Morgan fingerprint density at radius 1 is 1.21 bits per heavy atom. The number of carbonyl (C=O) groups is 2. The van der Waals surface area contributed by atoms with Crippen LogP contribution in [0.1, 0.15) is 37.7 Å². The van der Waals surface area contributed by atoms with Crippen molar-refractivity contribution in [2.24, 2.45) is 11.1 Å². The molecule has 1 heterocycles. The fourth-order valence-electron chi connectivity index (χ4n) is 3.32. The summed E-state index contributed by atoms with van der Waals surface area (Å²) in [6, 6.07) is 7.39. The van der Waals surface area contributed by atoms with Crippen LogP contribution in [0.4, 0.5) is 5.69 Å². The van der Waals surface area contributed by atoms with Gasteiger partial charge in [-0.25, -0.2) is 0 Å². The maximum Gasteiger partial charge on any atom is 0.240 e. The predicted molar refractivity (Wildman–Crippen MR) is 72.3 cm³/mol. The molecule has 1 saturated heterocycles. The van der Waals surface area contributed by atoms with Crippen LogP contribution in [0, 0.1) is 5.41 Å². The van der Waals surface area contributed by atoms with E-state index >= 15 is 0 Å². The molecule has 0 atom stereocenters. The molecule has 2 N–H and O–H groups in total. The first kappa shape index (κ1) is 12.4. The van der Waals surface area contributed by atoms with Crippen molar-refractivity contribution in [2.75, 3.05) is 4.90 Å². The summed E-state index contributed by atoms with van der Waals surface area (Å²) >= 11 is 0. The standard InChI is InChI=1S/C15H18N2O2/c16-10-11-4-3-5-12(8-11)17-13(18)9-15(14(17)19)6-1-2-7-15/h3-5,8H,1-2,6-7,9-10,16H2. The van der Waals surface area contributed by atoms with E-state index in [1.807, 2.05) is 24.3 Å². The molecule has 2 aliphatic rings. The van der Waals surface area contributed by atoms with Gasteiger partial charge < -0.3 is 5.73 Å². The molecule has 1 aromatic carbocycles. The quantitative estimate of drug-likeness (QED) is 0.825. The maximum atomic E-state index is 12.6. The van der Waals surface area contributed by atoms with Gasteiger partial charge in [0, 0.05) is 13.0 Å². The molecular formula is C15H18N2O2. The van der Waals surface area contributed by atoms with Crippen molar-refractivity contribution in [3.8, 4) is 0 Å². The largest absolute Gasteiger partial charge is 0.326 e. The second kappa shape index (κ2) is 4.46. The summed E-state index contributed by atoms with van der Waals surface area (Å²) in [5, 5.41) is 0. The molecule has 2 amide bonds. The monoisotopic (exact) mass is 258 g/mol. The van der Waals surface area contributed by atoms with Gasteiger partial charge in [0.05, 0.1) is 11.1 Å². The van der Waals surface area contributed by atoms with E-state index in [2.05, 4.69) is 0 Å². The molecule has 4 nitrogen and oxygen atoms in total. The molecule has 1 aromatic rings. The fourth-order valence-corrected chi connectivity index (χ4v) is 3.32. The van der Waals surface area contributed by atoms with E-state index in [9.17, 15) is 9.59 Å². The second-order valence-corrected chi connectivity index (χ2v) is 5.57. The average Bonchev–Trinajstić information content (AvgIpc) is 2.97. The molecule has 1 aliphatic heterocycles. The van der Waals surface area contributed by atoms with Gasteiger partial charge in [0.1, 0.15) is 0 Å². The first-order chi connectivity index (χ1) is 9.16. The van der Waals surface area contributed by atoms with Crippen molar-refractivity contribution >= 4 is 17.5 Å². The van der Waals surface area contributed by atoms with Crippen LogP contribution in [0.2, 0.25) is 0 Å². The number of anilines is 1. The average molecular weight is 258 g/mol. The molecule has 0 bridgehead atoms. The van der Waals surface area contributed by atoms with Crippen molar-refractivity contribution in [3.63, 3.8) is 0 Å². The number of imide groups is 1. The summed E-state index contributed by atoms with van der Waals surface area (Å²) < 4.78 is 0. The number of hydrogen-bond donors (Lipinski definition) is 1. The number of hydrogen-bond acceptors (Lipinski definition) is 3. The van der Waals surface area contributed by atoms with Crippen molar-refractivity contribution in [3.05, 3.63) is 29.8 Å². The minimum atomic E-state index is -0.407. The Hall–Kier alpha value is -1.68. The SMILES string of the molecule is NCc1cccc(N2C(=O)CC3(CCCC3)C2=O)c1. The van der Waals surface area contributed by atoms with Crippen LogP contribution in [0.15, 0.2) is 24.3 Å². The minimum Gasteiger partial charge on any atom is -0.326 e. The number of amides is 2. The van der Waals surface area contributed by atoms with Crippen molar-refractivity contribution < 1.29 is 9.59 Å². The third-order valence-corrected chi connectivity index (χ3v) is 4.36. The summed E-state index contributed by atoms with van der Waals surface area (Å²) in [6.07, 6.45) is 4.18. The first-order valence-electron chi connectivity index (χ1n) is 6.83. The van der Waals surface area contributed by atoms with Crippen LogP contribution in [0.5, 0.6) is 0 Å². The molecule has 1 aliphatic carbocycles. The molecule has 1 saturated carbocycles. The van der Waals surface area contributed by atoms with Crippen molar-refractivity contribution in [1.29, 1.82) is 0 Å². The van der Waals surface area contributed by atoms with Crippen LogP contribution in [-0.2, 0) is 16.1 Å². The minimum absolute atomic E-state index is 0.0100. The van der Waals surface area contributed by atoms with E-state index in [0.717, 1.165) is 31.2 Å². The number of carbonyl (C=O) groups excluding carboxylic acids is 2. The summed E-state index contributed by atoms with van der Waals surface area (Å²) in [7, 11) is 0. The number of rotatable bonds is 2. The van der Waals surface area contributed by atoms with Crippen LogP contribution < -0.4 is 10.6 Å². The third-order valence-electron chi connectivity index (χ3n) is 4.36. The van der Waals surface area contributed by atoms with Crippen LogP contribution in [0.3, 0.4) is 0 Å². The third kappa shape index (κ3) is 1.87. The lowest BCUT2D eigenvalue weighted by atomic mass is 9.84. The molecule has 100 valence electrons. The highest BCUT2D eigenvalue weighted by Crippen LogP contribution is 2.47. The van der Waals surface area contributed by atoms with Gasteiger partial charge in [0.15, 0.2) is 0 Å². The molecule has 0 radical (unpaired) electrons. The Balaban J connectivity index is 1.96. The summed E-state index contributed by atoms with van der Waals surface area (Å²) in [4.78, 5) is 26.2. The van der Waals surface area contributed by atoms with E-state index in [1.54, 1.807) is 0 Å². The first-order valence-corrected chi connectivity index (χ1v) is 6.83. The second-order valence-electron chi connectivity index (χ2n) is 5.57. The summed E-state index contributed by atoms with van der Waals surface area (Å²) in [5.41, 5.74) is 6.81. The molecule has 19 heavy (non-hydrogen) atoms. The Bertz CT molecular complexity index is 533. The van der Waals surface area contributed by atoms with Crippen LogP contribution in [0.25, 0.3) is 0 Å². The van der Waals surface area contributed by atoms with Crippen LogP contribution >= 0.6 is 0 Å². The van der Waals surface area contributed by atoms with Gasteiger partial charge in [0.2, 0.25) is 11.8 Å². The lowest BCUT2D eigenvalue weighted by Gasteiger charge is -2.21. The van der Waals surface area contributed by atoms with Gasteiger partial charge in [-0.05, 0) is 30.5 Å². The van der Waals surface area contributed by atoms with E-state index in [1.165, 1.54) is 4.90 Å². The van der Waals surface area contributed by atoms with E-state index in [0.29, 0.717) is 18.7 Å². The zero-order valence-corrected chi connectivity index (χ0v) is 10.9. The van der Waals surface area contributed by atoms with Gasteiger partial charge in [-0.3, -0.25) is 14.5 Å². The lowest BCUT2D eigenvalue weighted by molar-refractivity contribution is -0.125. The van der Waals surface area contributed by atoms with Gasteiger partial charge >= 0.3 is 0 Å². The van der Waals surface area contributed by atoms with Gasteiger partial charge in [-0.1, -0.05) is 25.0 Å². The van der Waals surface area contributed by atoms with E-state index in [-0.39, 0.29) is 11.8 Å². The Morgan fingerprint density at radius 2 is 1.95 bits per heavy atom. The van der Waals surface area contributed by atoms with Crippen molar-refractivity contribution in [1.82, 2.24) is 0 Å². The molecule has 3 rings (SSSR count). The highest BCUT2D eigenvalue weighted by atomic mass is 16.2. The molecule has 2 fully saturated rings. The topological polar surface area (TPSA) is 63.4 Å². The molecule has 4 heteroatoms. The van der Waals surface area contributed by atoms with Gasteiger partial charge in [0.25, 0.3) is 0 Å². The molecule has 1 spiro atoms. The Labute approximate surface area is 112 Å². The zero-order chi connectivity index (χ0) is 13.5.